The van der Waals surface area contributed by atoms with E-state index in [0.717, 1.165) is 0 Å². The topological polar surface area (TPSA) is 63.8 Å². The summed E-state index contributed by atoms with van der Waals surface area (Å²) in [6, 6.07) is 2.04. The summed E-state index contributed by atoms with van der Waals surface area (Å²) in [6.45, 7) is 0.680. The van der Waals surface area contributed by atoms with Gasteiger partial charge in [0.15, 0.2) is 5.82 Å². The van der Waals surface area contributed by atoms with Crippen molar-refractivity contribution in [3.8, 4) is 0 Å². The van der Waals surface area contributed by atoms with E-state index in [2.05, 4.69) is 20.7 Å². The molecule has 0 bridgehead atoms. The van der Waals surface area contributed by atoms with E-state index in [1.807, 2.05) is 11.4 Å². The van der Waals surface area contributed by atoms with Crippen LogP contribution in [0.25, 0.3) is 0 Å². The van der Waals surface area contributed by atoms with Crippen LogP contribution in [0.5, 0.6) is 0 Å². The highest BCUT2D eigenvalue weighted by molar-refractivity contribution is 7.07. The number of nitrogens with one attached hydrogen (secondary N) is 1. The summed E-state index contributed by atoms with van der Waals surface area (Å²) in [6.07, 6.45) is 1.39. The van der Waals surface area contributed by atoms with Crippen molar-refractivity contribution in [3.05, 3.63) is 33.7 Å². The van der Waals surface area contributed by atoms with Crippen LogP contribution in [0.2, 0.25) is 5.02 Å². The van der Waals surface area contributed by atoms with Gasteiger partial charge >= 0.3 is 0 Å². The summed E-state index contributed by atoms with van der Waals surface area (Å²) < 4.78 is 0. The molecule has 2 aromatic heterocycles. The summed E-state index contributed by atoms with van der Waals surface area (Å²) in [5, 5.41) is 7.55. The lowest BCUT2D eigenvalue weighted by atomic mass is 10.3. The monoisotopic (exact) mass is 240 g/mol. The highest BCUT2D eigenvalue weighted by atomic mass is 35.5. The predicted octanol–water partition coefficient (Wildman–Crippen LogP) is 2.39. The van der Waals surface area contributed by atoms with E-state index >= 15 is 0 Å². The summed E-state index contributed by atoms with van der Waals surface area (Å²) in [7, 11) is 0. The zero-order chi connectivity index (χ0) is 10.7. The molecule has 0 aliphatic heterocycles. The Labute approximate surface area is 96.1 Å². The first-order valence-corrected chi connectivity index (χ1v) is 5.60. The number of nitrogens with zero attached hydrogens (tertiary/aromatic N) is 2. The minimum absolute atomic E-state index is 0.291. The van der Waals surface area contributed by atoms with Crippen LogP contribution in [0, 0.1) is 0 Å². The van der Waals surface area contributed by atoms with Gasteiger partial charge in [0.2, 0.25) is 0 Å². The van der Waals surface area contributed by atoms with Gasteiger partial charge in [-0.3, -0.25) is 0 Å². The van der Waals surface area contributed by atoms with E-state index in [4.69, 9.17) is 17.3 Å². The van der Waals surface area contributed by atoms with Crippen molar-refractivity contribution in [1.82, 2.24) is 9.97 Å². The van der Waals surface area contributed by atoms with E-state index in [1.165, 1.54) is 11.9 Å². The number of rotatable bonds is 3. The average molecular weight is 241 g/mol. The van der Waals surface area contributed by atoms with Gasteiger partial charge in [0.05, 0.1) is 0 Å². The van der Waals surface area contributed by atoms with Crippen molar-refractivity contribution in [2.45, 2.75) is 6.54 Å². The first-order valence-electron chi connectivity index (χ1n) is 4.28. The van der Waals surface area contributed by atoms with Gasteiger partial charge in [0, 0.05) is 6.54 Å². The van der Waals surface area contributed by atoms with Gasteiger partial charge in [-0.2, -0.15) is 11.3 Å². The molecule has 2 aromatic rings. The second-order valence-electron chi connectivity index (χ2n) is 2.91. The second-order valence-corrected chi connectivity index (χ2v) is 4.06. The van der Waals surface area contributed by atoms with E-state index in [0.29, 0.717) is 23.2 Å². The quantitative estimate of drug-likeness (QED) is 0.865. The number of halogens is 1. The molecule has 2 rings (SSSR count). The van der Waals surface area contributed by atoms with Crippen LogP contribution >= 0.6 is 22.9 Å². The molecule has 0 saturated heterocycles. The molecule has 0 unspecified atom stereocenters. The molecule has 78 valence electrons. The highest BCUT2D eigenvalue weighted by Gasteiger charge is 2.05. The molecular formula is C9H9ClN4S. The fraction of sp³-hybridized carbons (Fsp3) is 0.111. The van der Waals surface area contributed by atoms with E-state index in [9.17, 15) is 0 Å². The highest BCUT2D eigenvalue weighted by Crippen LogP contribution is 2.23. The van der Waals surface area contributed by atoms with Gasteiger partial charge < -0.3 is 11.1 Å². The Balaban J connectivity index is 2.08. The van der Waals surface area contributed by atoms with Crippen LogP contribution in [0.3, 0.4) is 0 Å². The van der Waals surface area contributed by atoms with Crippen LogP contribution < -0.4 is 11.1 Å². The molecule has 0 aromatic carbocycles. The summed E-state index contributed by atoms with van der Waals surface area (Å²) >= 11 is 7.58. The zero-order valence-electron chi connectivity index (χ0n) is 7.77. The molecule has 15 heavy (non-hydrogen) atoms. The second kappa shape index (κ2) is 4.46. The SMILES string of the molecule is Nc1ncnc(NCc2ccsc2)c1Cl. The predicted molar refractivity (Wildman–Crippen MR) is 63.1 cm³/mol. The lowest BCUT2D eigenvalue weighted by Crippen LogP contribution is -2.03. The lowest BCUT2D eigenvalue weighted by Gasteiger charge is -2.06. The van der Waals surface area contributed by atoms with Gasteiger partial charge in [-0.1, -0.05) is 11.6 Å². The molecule has 3 N–H and O–H groups in total. The fourth-order valence-electron chi connectivity index (χ4n) is 1.09. The Morgan fingerprint density at radius 1 is 1.47 bits per heavy atom. The van der Waals surface area contributed by atoms with Crippen LogP contribution in [0.4, 0.5) is 11.6 Å². The van der Waals surface area contributed by atoms with Crippen molar-refractivity contribution < 1.29 is 0 Å². The molecule has 4 nitrogen and oxygen atoms in total. The Kier molecular flexibility index (Phi) is 3.03. The third-order valence-electron chi connectivity index (χ3n) is 1.86. The molecule has 2 heterocycles. The summed E-state index contributed by atoms with van der Waals surface area (Å²) in [5.74, 6) is 0.856. The minimum atomic E-state index is 0.291. The molecule has 0 amide bonds. The van der Waals surface area contributed by atoms with Gasteiger partial charge in [-0.05, 0) is 22.4 Å². The van der Waals surface area contributed by atoms with Crippen molar-refractivity contribution in [1.29, 1.82) is 0 Å². The molecule has 0 aliphatic rings. The van der Waals surface area contributed by atoms with Crippen LogP contribution in [-0.2, 0) is 6.54 Å². The zero-order valence-corrected chi connectivity index (χ0v) is 9.35. The third-order valence-corrected chi connectivity index (χ3v) is 2.96. The van der Waals surface area contributed by atoms with Crippen molar-refractivity contribution in [3.63, 3.8) is 0 Å². The fourth-order valence-corrected chi connectivity index (χ4v) is 1.92. The third kappa shape index (κ3) is 2.37. The molecule has 0 fully saturated rings. The Bertz CT molecular complexity index is 443. The Morgan fingerprint density at radius 3 is 3.07 bits per heavy atom. The van der Waals surface area contributed by atoms with Crippen molar-refractivity contribution in [2.24, 2.45) is 0 Å². The number of anilines is 2. The van der Waals surface area contributed by atoms with Crippen molar-refractivity contribution >= 4 is 34.6 Å². The van der Waals surface area contributed by atoms with Crippen LogP contribution in [0.15, 0.2) is 23.2 Å². The van der Waals surface area contributed by atoms with Crippen LogP contribution in [-0.4, -0.2) is 9.97 Å². The lowest BCUT2D eigenvalue weighted by molar-refractivity contribution is 1.09. The largest absolute Gasteiger partial charge is 0.382 e. The first kappa shape index (κ1) is 10.2. The Hall–Kier alpha value is -1.33. The number of aromatic nitrogens is 2. The van der Waals surface area contributed by atoms with E-state index in [-0.39, 0.29) is 0 Å². The summed E-state index contributed by atoms with van der Waals surface area (Å²) in [4.78, 5) is 7.79. The molecule has 0 spiro atoms. The van der Waals surface area contributed by atoms with Crippen molar-refractivity contribution in [2.75, 3.05) is 11.1 Å². The van der Waals surface area contributed by atoms with E-state index in [1.54, 1.807) is 11.3 Å². The molecule has 0 radical (unpaired) electrons. The average Bonchev–Trinajstić information content (AvgIpc) is 2.73. The van der Waals surface area contributed by atoms with Gasteiger partial charge in [-0.15, -0.1) is 0 Å². The molecule has 6 heteroatoms. The standard InChI is InChI=1S/C9H9ClN4S/c10-7-8(11)13-5-14-9(7)12-3-6-1-2-15-4-6/h1-2,4-5H,3H2,(H3,11,12,13,14). The number of hydrogen-bond acceptors (Lipinski definition) is 5. The maximum Gasteiger partial charge on any atom is 0.150 e. The smallest absolute Gasteiger partial charge is 0.150 e. The van der Waals surface area contributed by atoms with Gasteiger partial charge in [0.1, 0.15) is 17.2 Å². The number of nitrogens with two attached hydrogens (primary N) is 1. The normalized spacial score (nSPS) is 10.2. The molecule has 0 saturated carbocycles. The maximum absolute atomic E-state index is 5.92. The van der Waals surface area contributed by atoms with Gasteiger partial charge in [0.25, 0.3) is 0 Å². The van der Waals surface area contributed by atoms with Gasteiger partial charge in [-0.25, -0.2) is 9.97 Å². The Morgan fingerprint density at radius 2 is 2.33 bits per heavy atom. The maximum atomic E-state index is 5.92. The number of nitrogen functional groups attached to an aromatic ring is 1. The van der Waals surface area contributed by atoms with E-state index < -0.39 is 0 Å². The number of thiophene rings is 1. The molecule has 0 atom stereocenters. The number of hydrogen-bond donors (Lipinski definition) is 2. The first-order chi connectivity index (χ1) is 7.27. The summed E-state index contributed by atoms with van der Waals surface area (Å²) in [5.41, 5.74) is 6.74. The van der Waals surface area contributed by atoms with Crippen LogP contribution in [0.1, 0.15) is 5.56 Å². The molecule has 0 aliphatic carbocycles. The minimum Gasteiger partial charge on any atom is -0.382 e. The molecular weight excluding hydrogens is 232 g/mol.